The monoisotopic (exact) mass is 250 g/mol. The number of nitrogens with one attached hydrogen (secondary N) is 1. The number of nitriles is 1. The maximum atomic E-state index is 8.79. The fraction of sp³-hybridized carbons (Fsp3) is 0.0769. The minimum Gasteiger partial charge on any atom is -0.340 e. The second kappa shape index (κ2) is 4.38. The molecule has 19 heavy (non-hydrogen) atoms. The normalized spacial score (nSPS) is 10.3. The number of hydrogen-bond acceptors (Lipinski definition) is 5. The predicted octanol–water partition coefficient (Wildman–Crippen LogP) is 1.98. The summed E-state index contributed by atoms with van der Waals surface area (Å²) in [6.45, 7) is 0. The lowest BCUT2D eigenvalue weighted by Crippen LogP contribution is -1.95. The van der Waals surface area contributed by atoms with Crippen LogP contribution in [-0.4, -0.2) is 19.5 Å². The number of imidazole rings is 1. The third-order valence-electron chi connectivity index (χ3n) is 2.78. The number of hydrogen-bond donors (Lipinski definition) is 1. The number of nitrogens with zero attached hydrogens (tertiary/aromatic N) is 5. The van der Waals surface area contributed by atoms with Crippen LogP contribution in [0, 0.1) is 11.3 Å². The molecule has 3 aromatic rings. The van der Waals surface area contributed by atoms with E-state index in [9.17, 15) is 0 Å². The van der Waals surface area contributed by atoms with Gasteiger partial charge in [-0.25, -0.2) is 15.0 Å². The van der Waals surface area contributed by atoms with Crippen molar-refractivity contribution in [2.75, 3.05) is 5.32 Å². The van der Waals surface area contributed by atoms with Gasteiger partial charge in [0, 0.05) is 18.8 Å². The lowest BCUT2D eigenvalue weighted by molar-refractivity contribution is 0.948. The van der Waals surface area contributed by atoms with Crippen LogP contribution in [-0.2, 0) is 7.05 Å². The molecule has 0 aliphatic rings. The van der Waals surface area contributed by atoms with Crippen LogP contribution in [0.15, 0.2) is 36.9 Å². The lowest BCUT2D eigenvalue weighted by Gasteiger charge is -2.05. The molecule has 0 aliphatic carbocycles. The van der Waals surface area contributed by atoms with Gasteiger partial charge in [0.2, 0.25) is 0 Å². The summed E-state index contributed by atoms with van der Waals surface area (Å²) in [6.07, 6.45) is 3.13. The van der Waals surface area contributed by atoms with Crippen molar-refractivity contribution in [3.05, 3.63) is 42.6 Å². The second-order valence-electron chi connectivity index (χ2n) is 4.08. The number of aromatic nitrogens is 4. The van der Waals surface area contributed by atoms with Gasteiger partial charge >= 0.3 is 0 Å². The molecule has 3 rings (SSSR count). The van der Waals surface area contributed by atoms with Crippen LogP contribution < -0.4 is 5.32 Å². The molecule has 0 aliphatic heterocycles. The van der Waals surface area contributed by atoms with Gasteiger partial charge in [-0.05, 0) is 18.2 Å². The topological polar surface area (TPSA) is 79.4 Å². The molecule has 0 radical (unpaired) electrons. The third-order valence-corrected chi connectivity index (χ3v) is 2.78. The molecule has 92 valence electrons. The molecule has 0 unspecified atom stereocenters. The van der Waals surface area contributed by atoms with E-state index < -0.39 is 0 Å². The zero-order valence-corrected chi connectivity index (χ0v) is 10.2. The Bertz CT molecular complexity index is 783. The van der Waals surface area contributed by atoms with E-state index in [1.54, 1.807) is 12.4 Å². The molecular weight excluding hydrogens is 240 g/mol. The van der Waals surface area contributed by atoms with Crippen LogP contribution >= 0.6 is 0 Å². The third kappa shape index (κ3) is 2.09. The van der Waals surface area contributed by atoms with E-state index in [2.05, 4.69) is 20.3 Å². The van der Waals surface area contributed by atoms with Crippen molar-refractivity contribution in [1.29, 1.82) is 5.26 Å². The maximum absolute atomic E-state index is 8.79. The van der Waals surface area contributed by atoms with Crippen LogP contribution in [0.2, 0.25) is 0 Å². The van der Waals surface area contributed by atoms with Gasteiger partial charge in [-0.2, -0.15) is 5.26 Å². The summed E-state index contributed by atoms with van der Waals surface area (Å²) >= 11 is 0. The average molecular weight is 250 g/mol. The van der Waals surface area contributed by atoms with Gasteiger partial charge in [-0.15, -0.1) is 0 Å². The van der Waals surface area contributed by atoms with Crippen molar-refractivity contribution >= 4 is 22.5 Å². The Labute approximate surface area is 109 Å². The van der Waals surface area contributed by atoms with Crippen molar-refractivity contribution in [2.45, 2.75) is 0 Å². The molecule has 0 saturated heterocycles. The molecular formula is C13H10N6. The molecule has 2 heterocycles. The predicted molar refractivity (Wildman–Crippen MR) is 70.7 cm³/mol. The standard InChI is InChI=1S/C13H10N6/c1-19-8-17-11-4-9(2-3-12(11)19)18-13-5-10(6-14)15-7-16-13/h2-5,7-8H,1H3,(H,15,16,18). The highest BCUT2D eigenvalue weighted by molar-refractivity contribution is 5.80. The van der Waals surface area contributed by atoms with Gasteiger partial charge in [0.05, 0.1) is 17.4 Å². The smallest absolute Gasteiger partial charge is 0.145 e. The summed E-state index contributed by atoms with van der Waals surface area (Å²) in [5, 5.41) is 11.9. The summed E-state index contributed by atoms with van der Waals surface area (Å²) < 4.78 is 1.96. The molecule has 1 aromatic carbocycles. The van der Waals surface area contributed by atoms with Crippen molar-refractivity contribution in [1.82, 2.24) is 19.5 Å². The summed E-state index contributed by atoms with van der Waals surface area (Å²) in [7, 11) is 1.95. The van der Waals surface area contributed by atoms with Crippen molar-refractivity contribution in [3.63, 3.8) is 0 Å². The molecule has 0 atom stereocenters. The van der Waals surface area contributed by atoms with Crippen LogP contribution in [0.3, 0.4) is 0 Å². The zero-order valence-electron chi connectivity index (χ0n) is 10.2. The molecule has 1 N–H and O–H groups in total. The number of rotatable bonds is 2. The van der Waals surface area contributed by atoms with E-state index in [1.165, 1.54) is 6.33 Å². The molecule has 6 nitrogen and oxygen atoms in total. The maximum Gasteiger partial charge on any atom is 0.145 e. The fourth-order valence-corrected chi connectivity index (χ4v) is 1.85. The van der Waals surface area contributed by atoms with Crippen molar-refractivity contribution in [2.24, 2.45) is 7.05 Å². The zero-order chi connectivity index (χ0) is 13.2. The van der Waals surface area contributed by atoms with Crippen molar-refractivity contribution < 1.29 is 0 Å². The molecule has 6 heteroatoms. The van der Waals surface area contributed by atoms with Gasteiger partial charge in [0.25, 0.3) is 0 Å². The largest absolute Gasteiger partial charge is 0.340 e. The first kappa shape index (κ1) is 11.2. The number of fused-ring (bicyclic) bond motifs is 1. The van der Waals surface area contributed by atoms with Gasteiger partial charge in [-0.3, -0.25) is 0 Å². The first-order valence-electron chi connectivity index (χ1n) is 5.66. The first-order valence-corrected chi connectivity index (χ1v) is 5.66. The van der Waals surface area contributed by atoms with E-state index in [4.69, 9.17) is 5.26 Å². The highest BCUT2D eigenvalue weighted by Crippen LogP contribution is 2.20. The van der Waals surface area contributed by atoms with Gasteiger partial charge < -0.3 is 9.88 Å². The van der Waals surface area contributed by atoms with Crippen LogP contribution in [0.1, 0.15) is 5.69 Å². The Morgan fingerprint density at radius 3 is 2.95 bits per heavy atom. The Balaban J connectivity index is 1.94. The number of aryl methyl sites for hydroxylation is 1. The Morgan fingerprint density at radius 2 is 2.11 bits per heavy atom. The van der Waals surface area contributed by atoms with Gasteiger partial charge in [0.1, 0.15) is 23.9 Å². The lowest BCUT2D eigenvalue weighted by atomic mass is 10.2. The number of anilines is 2. The molecule has 2 aromatic heterocycles. The minimum atomic E-state index is 0.330. The van der Waals surface area contributed by atoms with Crippen LogP contribution in [0.4, 0.5) is 11.5 Å². The average Bonchev–Trinajstić information content (AvgIpc) is 2.80. The Hall–Kier alpha value is -2.94. The Kier molecular flexibility index (Phi) is 2.58. The minimum absolute atomic E-state index is 0.330. The molecule has 0 fully saturated rings. The van der Waals surface area contributed by atoms with E-state index in [0.717, 1.165) is 16.7 Å². The summed E-state index contributed by atoms with van der Waals surface area (Å²) in [6, 6.07) is 9.44. The summed E-state index contributed by atoms with van der Waals surface area (Å²) in [4.78, 5) is 12.2. The number of benzene rings is 1. The van der Waals surface area contributed by atoms with E-state index in [-0.39, 0.29) is 0 Å². The Morgan fingerprint density at radius 1 is 1.21 bits per heavy atom. The van der Waals surface area contributed by atoms with E-state index in [0.29, 0.717) is 11.5 Å². The summed E-state index contributed by atoms with van der Waals surface area (Å²) in [5.74, 6) is 0.585. The highest BCUT2D eigenvalue weighted by Gasteiger charge is 2.03. The van der Waals surface area contributed by atoms with Gasteiger partial charge in [-0.1, -0.05) is 0 Å². The van der Waals surface area contributed by atoms with Crippen LogP contribution in [0.25, 0.3) is 11.0 Å². The van der Waals surface area contributed by atoms with E-state index >= 15 is 0 Å². The first-order chi connectivity index (χ1) is 9.26. The molecule has 0 saturated carbocycles. The molecule has 0 spiro atoms. The SMILES string of the molecule is Cn1cnc2cc(Nc3cc(C#N)ncn3)ccc21. The van der Waals surface area contributed by atoms with Crippen molar-refractivity contribution in [3.8, 4) is 6.07 Å². The quantitative estimate of drug-likeness (QED) is 0.752. The fourth-order valence-electron chi connectivity index (χ4n) is 1.85. The van der Waals surface area contributed by atoms with Crippen LogP contribution in [0.5, 0.6) is 0 Å². The second-order valence-corrected chi connectivity index (χ2v) is 4.08. The van der Waals surface area contributed by atoms with E-state index in [1.807, 2.05) is 35.9 Å². The highest BCUT2D eigenvalue weighted by atomic mass is 15.0. The summed E-state index contributed by atoms with van der Waals surface area (Å²) in [5.41, 5.74) is 3.17. The molecule has 0 bridgehead atoms. The van der Waals surface area contributed by atoms with Gasteiger partial charge in [0.15, 0.2) is 0 Å². The molecule has 0 amide bonds.